The molecule has 3 N–H and O–H groups in total. The van der Waals surface area contributed by atoms with Crippen molar-refractivity contribution in [2.75, 3.05) is 31.1 Å². The number of nitrogens with two attached hydrogens (primary N) is 1. The lowest BCUT2D eigenvalue weighted by molar-refractivity contribution is 0.0976. The van der Waals surface area contributed by atoms with Crippen LogP contribution in [0.15, 0.2) is 53.1 Å². The normalized spacial score (nSPS) is 15.7. The number of nitriles is 1. The van der Waals surface area contributed by atoms with Crippen molar-refractivity contribution in [3.8, 4) is 6.07 Å². The summed E-state index contributed by atoms with van der Waals surface area (Å²) < 4.78 is 5.52. The SMILES string of the molecule is CCCC(c1c[nH]c2ccc(C#N)cc12)N1CCN(c2ccc3oc(C(N)=O)cc3c2)CC1. The molecule has 0 spiro atoms. The third-order valence-electron chi connectivity index (χ3n) is 6.63. The number of hydrogen-bond acceptors (Lipinski definition) is 5. The lowest BCUT2D eigenvalue weighted by Gasteiger charge is -2.40. The van der Waals surface area contributed by atoms with E-state index in [0.717, 1.165) is 61.0 Å². The van der Waals surface area contributed by atoms with E-state index in [2.05, 4.69) is 40.0 Å². The highest BCUT2D eigenvalue weighted by atomic mass is 16.3. The molecule has 3 heterocycles. The Labute approximate surface area is 192 Å². The average molecular weight is 442 g/mol. The van der Waals surface area contributed by atoms with Crippen molar-refractivity contribution in [2.45, 2.75) is 25.8 Å². The predicted octanol–water partition coefficient (Wildman–Crippen LogP) is 4.55. The van der Waals surface area contributed by atoms with E-state index in [1.165, 1.54) is 5.56 Å². The Morgan fingerprint density at radius 1 is 1.18 bits per heavy atom. The number of piperazine rings is 1. The summed E-state index contributed by atoms with van der Waals surface area (Å²) in [6.07, 6.45) is 4.27. The molecule has 7 nitrogen and oxygen atoms in total. The molecule has 1 saturated heterocycles. The Balaban J connectivity index is 1.35. The molecule has 0 aliphatic carbocycles. The lowest BCUT2D eigenvalue weighted by atomic mass is 9.98. The molecule has 1 aliphatic heterocycles. The zero-order valence-electron chi connectivity index (χ0n) is 18.7. The Morgan fingerprint density at radius 3 is 2.73 bits per heavy atom. The quantitative estimate of drug-likeness (QED) is 0.457. The van der Waals surface area contributed by atoms with Gasteiger partial charge in [0.05, 0.1) is 11.6 Å². The van der Waals surface area contributed by atoms with Crippen LogP contribution in [-0.2, 0) is 0 Å². The first kappa shape index (κ1) is 21.1. The Hall–Kier alpha value is -3.76. The summed E-state index contributed by atoms with van der Waals surface area (Å²) in [4.78, 5) is 19.7. The summed E-state index contributed by atoms with van der Waals surface area (Å²) in [5, 5.41) is 11.4. The number of H-pyrrole nitrogens is 1. The number of rotatable bonds is 6. The second kappa shape index (κ2) is 8.64. The monoisotopic (exact) mass is 441 g/mol. The highest BCUT2D eigenvalue weighted by Gasteiger charge is 2.27. The molecule has 0 bridgehead atoms. The van der Waals surface area contributed by atoms with Gasteiger partial charge in [0.15, 0.2) is 5.76 Å². The fraction of sp³-hybridized carbons (Fsp3) is 0.308. The van der Waals surface area contributed by atoms with Crippen molar-refractivity contribution in [1.29, 1.82) is 5.26 Å². The van der Waals surface area contributed by atoms with Gasteiger partial charge in [-0.1, -0.05) is 13.3 Å². The van der Waals surface area contributed by atoms with Crippen molar-refractivity contribution < 1.29 is 9.21 Å². The van der Waals surface area contributed by atoms with Gasteiger partial charge < -0.3 is 20.0 Å². The molecule has 0 radical (unpaired) electrons. The molecule has 33 heavy (non-hydrogen) atoms. The molecule has 4 aromatic rings. The van der Waals surface area contributed by atoms with Crippen LogP contribution < -0.4 is 10.6 Å². The fourth-order valence-electron chi connectivity index (χ4n) is 4.94. The van der Waals surface area contributed by atoms with E-state index >= 15 is 0 Å². The molecule has 1 atom stereocenters. The number of amides is 1. The Bertz CT molecular complexity index is 1350. The minimum Gasteiger partial charge on any atom is -0.451 e. The molecule has 168 valence electrons. The summed E-state index contributed by atoms with van der Waals surface area (Å²) in [5.41, 5.74) is 10.2. The maximum absolute atomic E-state index is 11.4. The van der Waals surface area contributed by atoms with E-state index in [1.807, 2.05) is 30.3 Å². The molecule has 1 fully saturated rings. The van der Waals surface area contributed by atoms with Gasteiger partial charge >= 0.3 is 0 Å². The number of aromatic amines is 1. The number of fused-ring (bicyclic) bond motifs is 2. The summed E-state index contributed by atoms with van der Waals surface area (Å²) in [6, 6.07) is 16.2. The van der Waals surface area contributed by atoms with Gasteiger partial charge in [-0.25, -0.2) is 0 Å². The molecule has 5 rings (SSSR count). The maximum atomic E-state index is 11.4. The summed E-state index contributed by atoms with van der Waals surface area (Å²) in [7, 11) is 0. The van der Waals surface area contributed by atoms with Gasteiger partial charge in [-0.2, -0.15) is 5.26 Å². The van der Waals surface area contributed by atoms with Crippen molar-refractivity contribution in [2.24, 2.45) is 5.73 Å². The Kier molecular flexibility index (Phi) is 5.53. The second-order valence-electron chi connectivity index (χ2n) is 8.64. The van der Waals surface area contributed by atoms with E-state index in [0.29, 0.717) is 17.2 Å². The van der Waals surface area contributed by atoms with E-state index in [1.54, 1.807) is 6.07 Å². The third-order valence-corrected chi connectivity index (χ3v) is 6.63. The zero-order valence-corrected chi connectivity index (χ0v) is 18.7. The van der Waals surface area contributed by atoms with Gasteiger partial charge in [-0.15, -0.1) is 0 Å². The number of furan rings is 1. The fourth-order valence-corrected chi connectivity index (χ4v) is 4.94. The molecule has 2 aromatic carbocycles. The van der Waals surface area contributed by atoms with Gasteiger partial charge in [-0.05, 0) is 54.4 Å². The van der Waals surface area contributed by atoms with Crippen LogP contribution in [0.1, 0.15) is 47.5 Å². The standard InChI is InChI=1S/C26H27N5O2/c1-2-3-23(21-16-29-22-6-4-17(15-27)12-20(21)22)31-10-8-30(9-11-31)19-5-7-24-18(13-19)14-25(33-24)26(28)32/h4-7,12-14,16,23,29H,2-3,8-11H2,1H3,(H2,28,32). The largest absolute Gasteiger partial charge is 0.451 e. The van der Waals surface area contributed by atoms with Crippen molar-refractivity contribution in [3.05, 3.63) is 65.5 Å². The smallest absolute Gasteiger partial charge is 0.284 e. The van der Waals surface area contributed by atoms with Gasteiger partial charge in [0, 0.05) is 60.4 Å². The van der Waals surface area contributed by atoms with Crippen molar-refractivity contribution in [3.63, 3.8) is 0 Å². The number of nitrogens with zero attached hydrogens (tertiary/aromatic N) is 3. The molecule has 7 heteroatoms. The minimum absolute atomic E-state index is 0.188. The van der Waals surface area contributed by atoms with Gasteiger partial charge in [0.25, 0.3) is 5.91 Å². The number of primary amides is 1. The Morgan fingerprint density at radius 2 is 2.00 bits per heavy atom. The van der Waals surface area contributed by atoms with E-state index < -0.39 is 5.91 Å². The molecule has 1 amide bonds. The molecule has 1 unspecified atom stereocenters. The minimum atomic E-state index is -0.553. The van der Waals surface area contributed by atoms with Crippen LogP contribution in [0.3, 0.4) is 0 Å². The van der Waals surface area contributed by atoms with E-state index in [9.17, 15) is 10.1 Å². The highest BCUT2D eigenvalue weighted by Crippen LogP contribution is 2.34. The number of benzene rings is 2. The summed E-state index contributed by atoms with van der Waals surface area (Å²) in [5.74, 6) is -0.366. The number of carbonyl (C=O) groups is 1. The molecule has 0 saturated carbocycles. The van der Waals surface area contributed by atoms with Crippen LogP contribution in [0.5, 0.6) is 0 Å². The second-order valence-corrected chi connectivity index (χ2v) is 8.64. The predicted molar refractivity (Wildman–Crippen MR) is 129 cm³/mol. The van der Waals surface area contributed by atoms with Crippen LogP contribution in [-0.4, -0.2) is 42.0 Å². The van der Waals surface area contributed by atoms with Gasteiger partial charge in [0.1, 0.15) is 5.58 Å². The summed E-state index contributed by atoms with van der Waals surface area (Å²) >= 11 is 0. The van der Waals surface area contributed by atoms with Crippen molar-refractivity contribution in [1.82, 2.24) is 9.88 Å². The van der Waals surface area contributed by atoms with E-state index in [-0.39, 0.29) is 5.76 Å². The van der Waals surface area contributed by atoms with E-state index in [4.69, 9.17) is 10.2 Å². The first-order valence-corrected chi connectivity index (χ1v) is 11.4. The topological polar surface area (TPSA) is 102 Å². The molecule has 1 aliphatic rings. The third kappa shape index (κ3) is 3.94. The number of hydrogen-bond donors (Lipinski definition) is 2. The first-order chi connectivity index (χ1) is 16.1. The maximum Gasteiger partial charge on any atom is 0.284 e. The number of aromatic nitrogens is 1. The molecular weight excluding hydrogens is 414 g/mol. The average Bonchev–Trinajstić information content (AvgIpc) is 3.46. The number of nitrogens with one attached hydrogen (secondary N) is 1. The molecule has 2 aromatic heterocycles. The number of carbonyl (C=O) groups excluding carboxylic acids is 1. The highest BCUT2D eigenvalue weighted by molar-refractivity contribution is 5.95. The lowest BCUT2D eigenvalue weighted by Crippen LogP contribution is -2.47. The van der Waals surface area contributed by atoms with Crippen LogP contribution in [0.25, 0.3) is 21.9 Å². The van der Waals surface area contributed by atoms with Crippen molar-refractivity contribution >= 4 is 33.5 Å². The van der Waals surface area contributed by atoms with Crippen LogP contribution >= 0.6 is 0 Å². The van der Waals surface area contributed by atoms with Gasteiger partial charge in [0.2, 0.25) is 0 Å². The van der Waals surface area contributed by atoms with Crippen LogP contribution in [0.4, 0.5) is 5.69 Å². The zero-order chi connectivity index (χ0) is 22.9. The summed E-state index contributed by atoms with van der Waals surface area (Å²) in [6.45, 7) is 5.95. The molecular formula is C26H27N5O2. The van der Waals surface area contributed by atoms with Crippen LogP contribution in [0.2, 0.25) is 0 Å². The van der Waals surface area contributed by atoms with Gasteiger partial charge in [-0.3, -0.25) is 9.69 Å². The number of anilines is 1. The van der Waals surface area contributed by atoms with Crippen LogP contribution in [0, 0.1) is 11.3 Å². The first-order valence-electron chi connectivity index (χ1n) is 11.4.